The molecule has 0 radical (unpaired) electrons. The molecule has 55 heavy (non-hydrogen) atoms. The van der Waals surface area contributed by atoms with Crippen molar-refractivity contribution >= 4 is 86.2 Å². The number of thiophene rings is 1. The molecule has 0 saturated heterocycles. The van der Waals surface area contributed by atoms with Gasteiger partial charge in [-0.1, -0.05) is 140 Å². The first-order valence-corrected chi connectivity index (χ1v) is 19.3. The molecule has 0 aliphatic carbocycles. The Labute approximate surface area is 319 Å². The van der Waals surface area contributed by atoms with Gasteiger partial charge in [0.15, 0.2) is 0 Å². The predicted octanol–water partition coefficient (Wildman–Crippen LogP) is 14.0. The zero-order valence-electron chi connectivity index (χ0n) is 29.4. The molecule has 5 heteroatoms. The lowest BCUT2D eigenvalue weighted by Crippen LogP contribution is -2.02. The fourth-order valence-corrected chi connectivity index (χ4v) is 9.68. The summed E-state index contributed by atoms with van der Waals surface area (Å²) in [5.41, 5.74) is 11.5. The Morgan fingerprint density at radius 1 is 0.436 bits per heavy atom. The lowest BCUT2D eigenvalue weighted by molar-refractivity contribution is 0.676. The van der Waals surface area contributed by atoms with E-state index in [1.54, 1.807) is 11.3 Å². The van der Waals surface area contributed by atoms with Crippen molar-refractivity contribution in [2.24, 2.45) is 0 Å². The minimum atomic E-state index is 0.634. The number of hydrogen-bond acceptors (Lipinski definition) is 4. The van der Waals surface area contributed by atoms with Gasteiger partial charge in [-0.3, -0.25) is 4.57 Å². The van der Waals surface area contributed by atoms with Crippen molar-refractivity contribution < 1.29 is 4.42 Å². The summed E-state index contributed by atoms with van der Waals surface area (Å²) >= 11 is 1.75. The molecule has 0 amide bonds. The number of nitrogens with zero attached hydrogens (tertiary/aromatic N) is 3. The molecular weight excluding hydrogens is 691 g/mol. The molecule has 256 valence electrons. The van der Waals surface area contributed by atoms with Crippen LogP contribution in [-0.4, -0.2) is 14.5 Å². The Balaban J connectivity index is 1.16. The Bertz CT molecular complexity index is 3490. The monoisotopic (exact) mass is 719 g/mol. The number of furan rings is 1. The Hall–Kier alpha value is -7.08. The highest BCUT2D eigenvalue weighted by Crippen LogP contribution is 2.45. The second kappa shape index (κ2) is 11.7. The van der Waals surface area contributed by atoms with Crippen molar-refractivity contribution in [1.29, 1.82) is 0 Å². The predicted molar refractivity (Wildman–Crippen MR) is 230 cm³/mol. The number of para-hydroxylation sites is 1. The summed E-state index contributed by atoms with van der Waals surface area (Å²) in [6, 6.07) is 62.3. The van der Waals surface area contributed by atoms with Gasteiger partial charge in [-0.25, -0.2) is 9.97 Å². The smallest absolute Gasteiger partial charge is 0.235 e. The molecule has 8 aromatic carbocycles. The molecule has 12 rings (SSSR count). The Morgan fingerprint density at radius 3 is 1.93 bits per heavy atom. The van der Waals surface area contributed by atoms with Crippen LogP contribution in [0.15, 0.2) is 180 Å². The number of aromatic nitrogens is 3. The van der Waals surface area contributed by atoms with E-state index in [9.17, 15) is 0 Å². The van der Waals surface area contributed by atoms with Crippen LogP contribution >= 0.6 is 11.3 Å². The fraction of sp³-hybridized carbons (Fsp3) is 0. The maximum Gasteiger partial charge on any atom is 0.235 e. The molecule has 4 nitrogen and oxygen atoms in total. The highest BCUT2D eigenvalue weighted by molar-refractivity contribution is 7.26. The maximum absolute atomic E-state index is 7.04. The van der Waals surface area contributed by atoms with Gasteiger partial charge in [-0.2, -0.15) is 0 Å². The highest BCUT2D eigenvalue weighted by Gasteiger charge is 2.24. The van der Waals surface area contributed by atoms with Crippen molar-refractivity contribution in [3.05, 3.63) is 176 Å². The van der Waals surface area contributed by atoms with Crippen molar-refractivity contribution in [2.75, 3.05) is 0 Å². The van der Waals surface area contributed by atoms with Crippen LogP contribution in [0.5, 0.6) is 0 Å². The van der Waals surface area contributed by atoms with Crippen molar-refractivity contribution in [3.63, 3.8) is 0 Å². The van der Waals surface area contributed by atoms with Crippen LogP contribution < -0.4 is 0 Å². The third-order valence-corrected chi connectivity index (χ3v) is 12.2. The molecule has 4 heterocycles. The normalized spacial score (nSPS) is 12.0. The van der Waals surface area contributed by atoms with Crippen molar-refractivity contribution in [2.45, 2.75) is 0 Å². The minimum Gasteiger partial charge on any atom is -0.455 e. The number of hydrogen-bond donors (Lipinski definition) is 0. The van der Waals surface area contributed by atoms with Crippen molar-refractivity contribution in [3.8, 4) is 39.5 Å². The maximum atomic E-state index is 7.04. The van der Waals surface area contributed by atoms with Crippen LogP contribution in [0, 0.1) is 0 Å². The van der Waals surface area contributed by atoms with E-state index in [0.717, 1.165) is 81.6 Å². The van der Waals surface area contributed by atoms with Gasteiger partial charge < -0.3 is 4.42 Å². The molecule has 0 unspecified atom stereocenters. The standard InChI is InChI=1S/C50H29N3OS/c1-3-14-30(15-4-1)32-18-13-19-33(28-32)45-49-46(38-23-10-12-25-43(38)55-49)52-50(51-45)53-41-24-11-9-22-37(41)44-42(53)27-26-36-40-29-39(31-16-5-2-6-17-31)34-20-7-8-21-35(34)47(40)54-48(36)44/h1-29H. The first-order valence-electron chi connectivity index (χ1n) is 18.5. The SMILES string of the molecule is c1ccc(-c2cccc(-c3nc(-n4c5ccccc5c5c6oc7c8ccccc8c(-c8ccccc8)cc7c6ccc54)nc4c3sc3ccccc34)c2)cc1. The summed E-state index contributed by atoms with van der Waals surface area (Å²) in [7, 11) is 0. The van der Waals surface area contributed by atoms with Gasteiger partial charge in [0.05, 0.1) is 32.3 Å². The molecule has 4 aromatic heterocycles. The summed E-state index contributed by atoms with van der Waals surface area (Å²) in [5.74, 6) is 0.634. The van der Waals surface area contributed by atoms with Gasteiger partial charge in [-0.15, -0.1) is 11.3 Å². The van der Waals surface area contributed by atoms with Crippen LogP contribution in [0.4, 0.5) is 0 Å². The molecular formula is C50H29N3OS. The van der Waals surface area contributed by atoms with Gasteiger partial charge in [-0.05, 0) is 64.0 Å². The van der Waals surface area contributed by atoms with Crippen LogP contribution in [0.25, 0.3) is 114 Å². The van der Waals surface area contributed by atoms with E-state index in [2.05, 4.69) is 180 Å². The van der Waals surface area contributed by atoms with Gasteiger partial charge in [0, 0.05) is 37.2 Å². The first kappa shape index (κ1) is 30.4. The third kappa shape index (κ3) is 4.51. The highest BCUT2D eigenvalue weighted by atomic mass is 32.1. The minimum absolute atomic E-state index is 0.634. The molecule has 0 aliphatic heterocycles. The zero-order valence-corrected chi connectivity index (χ0v) is 30.2. The summed E-state index contributed by atoms with van der Waals surface area (Å²) in [6.07, 6.45) is 0. The van der Waals surface area contributed by atoms with E-state index in [-0.39, 0.29) is 0 Å². The Morgan fingerprint density at radius 2 is 1.09 bits per heavy atom. The largest absolute Gasteiger partial charge is 0.455 e. The molecule has 0 saturated carbocycles. The number of rotatable bonds is 4. The van der Waals surface area contributed by atoms with Gasteiger partial charge in [0.1, 0.15) is 11.2 Å². The third-order valence-electron chi connectivity index (χ3n) is 11.0. The molecule has 0 bridgehead atoms. The summed E-state index contributed by atoms with van der Waals surface area (Å²) in [5, 5.41) is 7.76. The number of fused-ring (bicyclic) bond motifs is 12. The molecule has 0 spiro atoms. The van der Waals surface area contributed by atoms with E-state index in [1.807, 2.05) is 0 Å². The molecule has 0 fully saturated rings. The second-order valence-electron chi connectivity index (χ2n) is 14.1. The number of benzene rings is 8. The van der Waals surface area contributed by atoms with E-state index in [4.69, 9.17) is 14.4 Å². The molecule has 12 aromatic rings. The van der Waals surface area contributed by atoms with E-state index in [0.29, 0.717) is 5.95 Å². The zero-order chi connectivity index (χ0) is 36.0. The molecule has 0 atom stereocenters. The van der Waals surface area contributed by atoms with Crippen molar-refractivity contribution in [1.82, 2.24) is 14.5 Å². The quantitative estimate of drug-likeness (QED) is 0.182. The van der Waals surface area contributed by atoms with E-state index >= 15 is 0 Å². The lowest BCUT2D eigenvalue weighted by Gasteiger charge is -2.11. The van der Waals surface area contributed by atoms with Gasteiger partial charge in [0.25, 0.3) is 0 Å². The van der Waals surface area contributed by atoms with Gasteiger partial charge >= 0.3 is 0 Å². The van der Waals surface area contributed by atoms with Crippen LogP contribution in [0.1, 0.15) is 0 Å². The van der Waals surface area contributed by atoms with E-state index in [1.165, 1.54) is 26.8 Å². The summed E-state index contributed by atoms with van der Waals surface area (Å²) in [6.45, 7) is 0. The molecule has 0 aliphatic rings. The second-order valence-corrected chi connectivity index (χ2v) is 15.2. The average molecular weight is 720 g/mol. The van der Waals surface area contributed by atoms with Crippen LogP contribution in [0.3, 0.4) is 0 Å². The fourth-order valence-electron chi connectivity index (χ4n) is 8.53. The Kier molecular flexibility index (Phi) is 6.47. The summed E-state index contributed by atoms with van der Waals surface area (Å²) < 4.78 is 11.5. The van der Waals surface area contributed by atoms with E-state index < -0.39 is 0 Å². The van der Waals surface area contributed by atoms with Crippen LogP contribution in [-0.2, 0) is 0 Å². The topological polar surface area (TPSA) is 43.9 Å². The lowest BCUT2D eigenvalue weighted by atomic mass is 9.95. The summed E-state index contributed by atoms with van der Waals surface area (Å²) in [4.78, 5) is 10.9. The molecule has 0 N–H and O–H groups in total. The first-order chi connectivity index (χ1) is 27.3. The average Bonchev–Trinajstić information content (AvgIpc) is 3.93. The van der Waals surface area contributed by atoms with Crippen LogP contribution in [0.2, 0.25) is 0 Å². The van der Waals surface area contributed by atoms with Gasteiger partial charge in [0.2, 0.25) is 5.95 Å².